The molecule has 190 valence electrons. The molecule has 0 aliphatic rings. The molecule has 0 saturated heterocycles. The summed E-state index contributed by atoms with van der Waals surface area (Å²) in [5.74, 6) is -1.42. The van der Waals surface area contributed by atoms with Crippen molar-refractivity contribution in [2.75, 3.05) is 0 Å². The topological polar surface area (TPSA) is 49.4 Å². The van der Waals surface area contributed by atoms with Crippen molar-refractivity contribution in [1.82, 2.24) is 10.2 Å². The molecule has 4 nitrogen and oxygen atoms in total. The highest BCUT2D eigenvalue weighted by Gasteiger charge is 2.33. The Kier molecular flexibility index (Phi) is 9.40. The lowest BCUT2D eigenvalue weighted by atomic mass is 9.99. The van der Waals surface area contributed by atoms with E-state index >= 15 is 0 Å². The molecule has 0 spiro atoms. The standard InChI is InChI=1S/C28H28Cl3FN2O2/c1-28(2,3)33-27(36)25(15-18-9-5-4-6-10-18)34(17-20-22(30)11-7-12-23(20)31)26(35)16-19-21(29)13-8-14-24(19)32/h4-14,25H,15-17H2,1-3H3,(H,33,36). The molecule has 3 rings (SSSR count). The van der Waals surface area contributed by atoms with Crippen LogP contribution in [0.3, 0.4) is 0 Å². The smallest absolute Gasteiger partial charge is 0.243 e. The molecule has 3 aromatic carbocycles. The molecule has 1 atom stereocenters. The zero-order valence-corrected chi connectivity index (χ0v) is 22.6. The van der Waals surface area contributed by atoms with E-state index in [9.17, 15) is 14.0 Å². The Morgan fingerprint density at radius 3 is 1.97 bits per heavy atom. The summed E-state index contributed by atoms with van der Waals surface area (Å²) in [6.07, 6.45) is -0.0940. The van der Waals surface area contributed by atoms with Gasteiger partial charge in [-0.2, -0.15) is 0 Å². The van der Waals surface area contributed by atoms with Crippen molar-refractivity contribution < 1.29 is 14.0 Å². The lowest BCUT2D eigenvalue weighted by Gasteiger charge is -2.34. The van der Waals surface area contributed by atoms with E-state index in [-0.39, 0.29) is 35.9 Å². The van der Waals surface area contributed by atoms with E-state index in [1.807, 2.05) is 51.1 Å². The minimum absolute atomic E-state index is 0.0432. The number of halogens is 4. The van der Waals surface area contributed by atoms with Crippen LogP contribution in [0.5, 0.6) is 0 Å². The van der Waals surface area contributed by atoms with Gasteiger partial charge in [0.2, 0.25) is 11.8 Å². The van der Waals surface area contributed by atoms with Crippen LogP contribution in [-0.2, 0) is 29.0 Å². The van der Waals surface area contributed by atoms with E-state index in [0.717, 1.165) is 5.56 Å². The van der Waals surface area contributed by atoms with E-state index in [1.54, 1.807) is 18.2 Å². The second-order valence-electron chi connectivity index (χ2n) is 9.54. The predicted molar refractivity (Wildman–Crippen MR) is 144 cm³/mol. The molecule has 0 fully saturated rings. The zero-order chi connectivity index (χ0) is 26.5. The fourth-order valence-electron chi connectivity index (χ4n) is 3.81. The minimum atomic E-state index is -0.919. The van der Waals surface area contributed by atoms with E-state index in [0.29, 0.717) is 15.6 Å². The van der Waals surface area contributed by atoms with Crippen molar-refractivity contribution in [2.45, 2.75) is 51.7 Å². The predicted octanol–water partition coefficient (Wildman–Crippen LogP) is 6.88. The van der Waals surface area contributed by atoms with Crippen molar-refractivity contribution in [2.24, 2.45) is 0 Å². The maximum absolute atomic E-state index is 14.6. The Hall–Kier alpha value is -2.60. The molecule has 36 heavy (non-hydrogen) atoms. The molecular formula is C28H28Cl3FN2O2. The number of nitrogens with zero attached hydrogens (tertiary/aromatic N) is 1. The van der Waals surface area contributed by atoms with E-state index in [2.05, 4.69) is 5.32 Å². The Morgan fingerprint density at radius 1 is 0.861 bits per heavy atom. The lowest BCUT2D eigenvalue weighted by Crippen LogP contribution is -2.54. The van der Waals surface area contributed by atoms with Crippen LogP contribution in [0.25, 0.3) is 0 Å². The van der Waals surface area contributed by atoms with E-state index < -0.39 is 23.3 Å². The first kappa shape index (κ1) is 28.0. The highest BCUT2D eigenvalue weighted by atomic mass is 35.5. The number of amides is 2. The largest absolute Gasteiger partial charge is 0.350 e. The molecule has 1 unspecified atom stereocenters. The Labute approximate surface area is 226 Å². The lowest BCUT2D eigenvalue weighted by molar-refractivity contribution is -0.141. The van der Waals surface area contributed by atoms with Crippen molar-refractivity contribution in [3.63, 3.8) is 0 Å². The average Bonchev–Trinajstić information content (AvgIpc) is 2.80. The molecule has 0 aromatic heterocycles. The number of hydrogen-bond donors (Lipinski definition) is 1. The summed E-state index contributed by atoms with van der Waals surface area (Å²) in [6, 6.07) is 17.7. The van der Waals surface area contributed by atoms with Gasteiger partial charge in [0.15, 0.2) is 0 Å². The first-order valence-corrected chi connectivity index (χ1v) is 12.6. The highest BCUT2D eigenvalue weighted by molar-refractivity contribution is 6.36. The second-order valence-corrected chi connectivity index (χ2v) is 10.8. The summed E-state index contributed by atoms with van der Waals surface area (Å²) in [7, 11) is 0. The van der Waals surface area contributed by atoms with Gasteiger partial charge in [0.25, 0.3) is 0 Å². The Morgan fingerprint density at radius 2 is 1.42 bits per heavy atom. The summed E-state index contributed by atoms with van der Waals surface area (Å²) < 4.78 is 14.6. The maximum atomic E-state index is 14.6. The summed E-state index contributed by atoms with van der Waals surface area (Å²) in [4.78, 5) is 28.8. The Balaban J connectivity index is 2.08. The van der Waals surface area contributed by atoms with Gasteiger partial charge in [-0.25, -0.2) is 4.39 Å². The van der Waals surface area contributed by atoms with Gasteiger partial charge in [0, 0.05) is 44.7 Å². The monoisotopic (exact) mass is 548 g/mol. The fraction of sp³-hybridized carbons (Fsp3) is 0.286. The molecular weight excluding hydrogens is 522 g/mol. The van der Waals surface area contributed by atoms with Crippen LogP contribution >= 0.6 is 34.8 Å². The molecule has 0 bridgehead atoms. The molecule has 1 N–H and O–H groups in total. The van der Waals surface area contributed by atoms with Crippen molar-refractivity contribution >= 4 is 46.6 Å². The molecule has 0 heterocycles. The highest BCUT2D eigenvalue weighted by Crippen LogP contribution is 2.28. The van der Waals surface area contributed by atoms with Gasteiger partial charge in [0.05, 0.1) is 6.42 Å². The Bertz CT molecular complexity index is 1190. The van der Waals surface area contributed by atoms with Crippen LogP contribution < -0.4 is 5.32 Å². The van der Waals surface area contributed by atoms with Crippen molar-refractivity contribution in [3.8, 4) is 0 Å². The SMILES string of the molecule is CC(C)(C)NC(=O)C(Cc1ccccc1)N(Cc1c(Cl)cccc1Cl)C(=O)Cc1c(F)cccc1Cl. The fourth-order valence-corrected chi connectivity index (χ4v) is 4.56. The minimum Gasteiger partial charge on any atom is -0.350 e. The van der Waals surface area contributed by atoms with Crippen LogP contribution in [-0.4, -0.2) is 28.3 Å². The van der Waals surface area contributed by atoms with Crippen LogP contribution in [0.15, 0.2) is 66.7 Å². The summed E-state index contributed by atoms with van der Waals surface area (Å²) in [5.41, 5.74) is 0.875. The molecule has 0 aliphatic carbocycles. The van der Waals surface area contributed by atoms with Crippen LogP contribution in [0, 0.1) is 5.82 Å². The van der Waals surface area contributed by atoms with Crippen molar-refractivity contribution in [3.05, 3.63) is 104 Å². The number of carbonyl (C=O) groups excluding carboxylic acids is 2. The number of rotatable bonds is 8. The first-order valence-electron chi connectivity index (χ1n) is 11.5. The molecule has 3 aromatic rings. The first-order chi connectivity index (χ1) is 17.0. The number of benzene rings is 3. The molecule has 0 aliphatic heterocycles. The summed E-state index contributed by atoms with van der Waals surface area (Å²) in [6.45, 7) is 5.54. The third-order valence-corrected chi connectivity index (χ3v) is 6.61. The van der Waals surface area contributed by atoms with Gasteiger partial charge >= 0.3 is 0 Å². The second kappa shape index (κ2) is 12.1. The molecule has 0 saturated carbocycles. The van der Waals surface area contributed by atoms with Crippen LogP contribution in [0.4, 0.5) is 4.39 Å². The average molecular weight is 550 g/mol. The quantitative estimate of drug-likeness (QED) is 0.333. The number of hydrogen-bond acceptors (Lipinski definition) is 2. The molecule has 2 amide bonds. The third kappa shape index (κ3) is 7.45. The summed E-state index contributed by atoms with van der Waals surface area (Å²) in [5, 5.41) is 3.83. The van der Waals surface area contributed by atoms with Crippen molar-refractivity contribution in [1.29, 1.82) is 0 Å². The van der Waals surface area contributed by atoms with Gasteiger partial charge in [0.1, 0.15) is 11.9 Å². The summed E-state index contributed by atoms with van der Waals surface area (Å²) >= 11 is 19.1. The van der Waals surface area contributed by atoms with Crippen LogP contribution in [0.2, 0.25) is 15.1 Å². The molecule has 8 heteroatoms. The number of nitrogens with one attached hydrogen (secondary N) is 1. The van der Waals surface area contributed by atoms with E-state index in [1.165, 1.54) is 23.1 Å². The van der Waals surface area contributed by atoms with Gasteiger partial charge in [-0.15, -0.1) is 0 Å². The van der Waals surface area contributed by atoms with Gasteiger partial charge in [-0.05, 0) is 50.6 Å². The molecule has 0 radical (unpaired) electrons. The van der Waals surface area contributed by atoms with Gasteiger partial charge in [-0.1, -0.05) is 77.3 Å². The zero-order valence-electron chi connectivity index (χ0n) is 20.3. The number of carbonyl (C=O) groups is 2. The van der Waals surface area contributed by atoms with Gasteiger partial charge in [-0.3, -0.25) is 9.59 Å². The third-order valence-electron chi connectivity index (χ3n) is 5.55. The van der Waals surface area contributed by atoms with Gasteiger partial charge < -0.3 is 10.2 Å². The normalized spacial score (nSPS) is 12.2. The van der Waals surface area contributed by atoms with Crippen LogP contribution in [0.1, 0.15) is 37.5 Å². The van der Waals surface area contributed by atoms with E-state index in [4.69, 9.17) is 34.8 Å². The maximum Gasteiger partial charge on any atom is 0.243 e.